The number of anilines is 3. The third kappa shape index (κ3) is 4.88. The van der Waals surface area contributed by atoms with Gasteiger partial charge in [-0.1, -0.05) is 146 Å². The molecule has 1 aromatic heterocycles. The molecule has 0 saturated heterocycles. The highest BCUT2D eigenvalue weighted by molar-refractivity contribution is 6.29. The molecule has 0 aliphatic rings. The second-order valence-corrected chi connectivity index (χ2v) is 14.1. The second-order valence-electron chi connectivity index (χ2n) is 14.1. The topological polar surface area (TPSA) is 16.4 Å². The zero-order chi connectivity index (χ0) is 35.6. The molecule has 0 unspecified atom stereocenters. The maximum Gasteiger partial charge on any atom is 0.137 e. The number of fused-ring (bicyclic) bond motifs is 10. The number of hydrogen-bond donors (Lipinski definition) is 0. The van der Waals surface area contributed by atoms with Gasteiger partial charge in [0, 0.05) is 33.9 Å². The molecule has 11 aromatic rings. The van der Waals surface area contributed by atoms with Crippen LogP contribution in [0.1, 0.15) is 0 Å². The molecule has 0 bridgehead atoms. The Labute approximate surface area is 312 Å². The summed E-state index contributed by atoms with van der Waals surface area (Å²) < 4.78 is 6.40. The molecule has 0 aliphatic heterocycles. The Morgan fingerprint density at radius 1 is 0.296 bits per heavy atom. The van der Waals surface area contributed by atoms with Gasteiger partial charge in [-0.2, -0.15) is 0 Å². The van der Waals surface area contributed by atoms with E-state index < -0.39 is 0 Å². The molecule has 2 heteroatoms. The minimum atomic E-state index is 0.871. The Morgan fingerprint density at radius 3 is 1.74 bits per heavy atom. The highest BCUT2D eigenvalue weighted by Gasteiger charge is 2.18. The van der Waals surface area contributed by atoms with Gasteiger partial charge < -0.3 is 9.32 Å². The van der Waals surface area contributed by atoms with Crippen LogP contribution in [0.3, 0.4) is 0 Å². The number of benzene rings is 10. The van der Waals surface area contributed by atoms with Crippen molar-refractivity contribution < 1.29 is 4.42 Å². The molecule has 0 aliphatic carbocycles. The van der Waals surface area contributed by atoms with E-state index in [1.165, 1.54) is 65.3 Å². The van der Waals surface area contributed by atoms with Crippen molar-refractivity contribution in [2.24, 2.45) is 0 Å². The van der Waals surface area contributed by atoms with Crippen molar-refractivity contribution >= 4 is 82.1 Å². The van der Waals surface area contributed by atoms with Crippen molar-refractivity contribution in [2.45, 2.75) is 0 Å². The zero-order valence-electron chi connectivity index (χ0n) is 29.4. The first-order valence-corrected chi connectivity index (χ1v) is 18.5. The standard InChI is InChI=1S/C52H33NO/c1-2-11-34(12-3-1)35-25-27-40(28-26-35)53(42-29-30-46-45-18-8-9-20-49(45)54-50(46)33-42)41-15-10-14-38(31-41)48-32-39-24-23-37-22-21-36-13-4-5-16-43(36)51(37)52(39)47-19-7-6-17-44(47)48/h1-33H. The van der Waals surface area contributed by atoms with Crippen LogP contribution in [0.2, 0.25) is 0 Å². The molecule has 0 atom stereocenters. The Bertz CT molecular complexity index is 3210. The molecule has 1 heterocycles. The van der Waals surface area contributed by atoms with Crippen molar-refractivity contribution in [1.82, 2.24) is 0 Å². The van der Waals surface area contributed by atoms with Gasteiger partial charge in [-0.3, -0.25) is 0 Å². The van der Waals surface area contributed by atoms with Gasteiger partial charge in [0.1, 0.15) is 11.2 Å². The van der Waals surface area contributed by atoms with Crippen LogP contribution in [-0.2, 0) is 0 Å². The third-order valence-electron chi connectivity index (χ3n) is 11.0. The van der Waals surface area contributed by atoms with Gasteiger partial charge in [0.2, 0.25) is 0 Å². The average Bonchev–Trinajstić information content (AvgIpc) is 3.62. The summed E-state index contributed by atoms with van der Waals surface area (Å²) >= 11 is 0. The van der Waals surface area contributed by atoms with Crippen molar-refractivity contribution in [1.29, 1.82) is 0 Å². The maximum atomic E-state index is 6.40. The second kappa shape index (κ2) is 12.2. The first-order chi connectivity index (χ1) is 26.8. The van der Waals surface area contributed by atoms with Gasteiger partial charge in [0.05, 0.1) is 0 Å². The maximum absolute atomic E-state index is 6.40. The van der Waals surface area contributed by atoms with E-state index in [-0.39, 0.29) is 0 Å². The number of nitrogens with zero attached hydrogens (tertiary/aromatic N) is 1. The van der Waals surface area contributed by atoms with Crippen LogP contribution in [0.5, 0.6) is 0 Å². The molecule has 0 fully saturated rings. The Kier molecular flexibility index (Phi) is 6.90. The Hall–Kier alpha value is -7.16. The molecule has 0 saturated carbocycles. The summed E-state index contributed by atoms with van der Waals surface area (Å²) in [6, 6.07) is 72.3. The molecule has 10 aromatic carbocycles. The lowest BCUT2D eigenvalue weighted by Gasteiger charge is -2.26. The van der Waals surface area contributed by atoms with Gasteiger partial charge in [0.25, 0.3) is 0 Å². The van der Waals surface area contributed by atoms with E-state index in [1.54, 1.807) is 0 Å². The molecule has 2 nitrogen and oxygen atoms in total. The molecule has 252 valence electrons. The van der Waals surface area contributed by atoms with Crippen LogP contribution in [0, 0.1) is 0 Å². The first-order valence-electron chi connectivity index (χ1n) is 18.5. The van der Waals surface area contributed by atoms with E-state index in [4.69, 9.17) is 4.42 Å². The van der Waals surface area contributed by atoms with Gasteiger partial charge in [-0.25, -0.2) is 0 Å². The normalized spacial score (nSPS) is 11.7. The van der Waals surface area contributed by atoms with Gasteiger partial charge >= 0.3 is 0 Å². The van der Waals surface area contributed by atoms with E-state index in [0.29, 0.717) is 0 Å². The van der Waals surface area contributed by atoms with Crippen LogP contribution in [0.25, 0.3) is 87.3 Å². The summed E-state index contributed by atoms with van der Waals surface area (Å²) in [6.45, 7) is 0. The predicted molar refractivity (Wildman–Crippen MR) is 229 cm³/mol. The largest absolute Gasteiger partial charge is 0.456 e. The molecule has 11 rings (SSSR count). The van der Waals surface area contributed by atoms with E-state index in [1.807, 2.05) is 12.1 Å². The Balaban J connectivity index is 1.11. The van der Waals surface area contributed by atoms with Crippen LogP contribution in [0.15, 0.2) is 205 Å². The SMILES string of the molecule is c1ccc(-c2ccc(N(c3cccc(-c4cc5ccc6ccc7ccccc7c6c5c5ccccc45)c3)c3ccc4c(c3)oc3ccccc34)cc2)cc1. The van der Waals surface area contributed by atoms with Crippen LogP contribution < -0.4 is 4.90 Å². The van der Waals surface area contributed by atoms with Crippen molar-refractivity contribution in [3.8, 4) is 22.3 Å². The van der Waals surface area contributed by atoms with E-state index in [9.17, 15) is 0 Å². The highest BCUT2D eigenvalue weighted by Crippen LogP contribution is 2.44. The monoisotopic (exact) mass is 687 g/mol. The predicted octanol–water partition coefficient (Wildman–Crippen LogP) is 15.0. The van der Waals surface area contributed by atoms with Crippen molar-refractivity contribution in [3.63, 3.8) is 0 Å². The fraction of sp³-hybridized carbons (Fsp3) is 0. The van der Waals surface area contributed by atoms with Crippen LogP contribution in [0.4, 0.5) is 17.1 Å². The summed E-state index contributed by atoms with van der Waals surface area (Å²) in [5.41, 5.74) is 9.71. The van der Waals surface area contributed by atoms with E-state index >= 15 is 0 Å². The molecular formula is C52H33NO. The zero-order valence-corrected chi connectivity index (χ0v) is 29.4. The number of hydrogen-bond acceptors (Lipinski definition) is 2. The summed E-state index contributed by atoms with van der Waals surface area (Å²) in [6.07, 6.45) is 0. The lowest BCUT2D eigenvalue weighted by atomic mass is 9.89. The van der Waals surface area contributed by atoms with Gasteiger partial charge in [0.15, 0.2) is 0 Å². The third-order valence-corrected chi connectivity index (χ3v) is 11.0. The molecule has 0 spiro atoms. The molecule has 0 amide bonds. The highest BCUT2D eigenvalue weighted by atomic mass is 16.3. The first kappa shape index (κ1) is 30.5. The molecule has 0 N–H and O–H groups in total. The van der Waals surface area contributed by atoms with Crippen molar-refractivity contribution in [2.75, 3.05) is 4.90 Å². The fourth-order valence-corrected chi connectivity index (χ4v) is 8.48. The summed E-state index contributed by atoms with van der Waals surface area (Å²) in [4.78, 5) is 2.34. The smallest absolute Gasteiger partial charge is 0.137 e. The number of para-hydroxylation sites is 1. The lowest BCUT2D eigenvalue weighted by Crippen LogP contribution is -2.10. The molecular weight excluding hydrogens is 655 g/mol. The van der Waals surface area contributed by atoms with Crippen LogP contribution in [-0.4, -0.2) is 0 Å². The number of furan rings is 1. The van der Waals surface area contributed by atoms with E-state index in [2.05, 4.69) is 193 Å². The van der Waals surface area contributed by atoms with E-state index in [0.717, 1.165) is 39.0 Å². The number of rotatable bonds is 5. The summed E-state index contributed by atoms with van der Waals surface area (Å²) in [7, 11) is 0. The molecule has 54 heavy (non-hydrogen) atoms. The minimum Gasteiger partial charge on any atom is -0.456 e. The Morgan fingerprint density at radius 2 is 0.889 bits per heavy atom. The minimum absolute atomic E-state index is 0.871. The van der Waals surface area contributed by atoms with Gasteiger partial charge in [-0.15, -0.1) is 0 Å². The van der Waals surface area contributed by atoms with Gasteiger partial charge in [-0.05, 0) is 114 Å². The lowest BCUT2D eigenvalue weighted by molar-refractivity contribution is 0.669. The quantitative estimate of drug-likeness (QED) is 0.168. The van der Waals surface area contributed by atoms with Crippen molar-refractivity contribution in [3.05, 3.63) is 200 Å². The molecule has 0 radical (unpaired) electrons. The average molecular weight is 688 g/mol. The summed E-state index contributed by atoms with van der Waals surface area (Å²) in [5.74, 6) is 0. The summed E-state index contributed by atoms with van der Waals surface area (Å²) in [5, 5.41) is 12.4. The van der Waals surface area contributed by atoms with Crippen LogP contribution >= 0.6 is 0 Å². The fourth-order valence-electron chi connectivity index (χ4n) is 8.48.